The summed E-state index contributed by atoms with van der Waals surface area (Å²) in [5, 5.41) is 1.69. The fraction of sp³-hybridized carbons (Fsp3) is 0. The average Bonchev–Trinajstić information content (AvgIpc) is 2.31. The highest BCUT2D eigenvalue weighted by molar-refractivity contribution is 7.99. The number of rotatable bonds is 3. The summed E-state index contributed by atoms with van der Waals surface area (Å²) in [5.41, 5.74) is 2.47. The van der Waals surface area contributed by atoms with Gasteiger partial charge in [-0.1, -0.05) is 6.07 Å². The van der Waals surface area contributed by atoms with Crippen molar-refractivity contribution in [3.8, 4) is 0 Å². The van der Waals surface area contributed by atoms with E-state index in [2.05, 4.69) is 20.4 Å². The highest BCUT2D eigenvalue weighted by Crippen LogP contribution is 2.24. The molecule has 0 aliphatic carbocycles. The number of aromatic nitrogens is 3. The molecule has 0 aliphatic heterocycles. The van der Waals surface area contributed by atoms with Crippen LogP contribution in [0.5, 0.6) is 0 Å². The van der Waals surface area contributed by atoms with E-state index in [4.69, 9.17) is 5.84 Å². The third kappa shape index (κ3) is 2.64. The van der Waals surface area contributed by atoms with Crippen LogP contribution in [0.3, 0.4) is 0 Å². The number of nitrogens with two attached hydrogens (primary N) is 1. The number of nitrogen functional groups attached to an aromatic ring is 1. The van der Waals surface area contributed by atoms with Crippen molar-refractivity contribution in [1.82, 2.24) is 15.0 Å². The lowest BCUT2D eigenvalue weighted by Gasteiger charge is -2.01. The van der Waals surface area contributed by atoms with E-state index in [1.165, 1.54) is 18.1 Å². The van der Waals surface area contributed by atoms with Gasteiger partial charge >= 0.3 is 0 Å². The van der Waals surface area contributed by atoms with Crippen molar-refractivity contribution in [1.29, 1.82) is 0 Å². The number of nitrogens with zero attached hydrogens (tertiary/aromatic N) is 3. The zero-order valence-corrected chi connectivity index (χ0v) is 8.61. The van der Waals surface area contributed by atoms with Crippen molar-refractivity contribution < 1.29 is 0 Å². The number of hydrogen-bond donors (Lipinski definition) is 2. The zero-order chi connectivity index (χ0) is 10.5. The minimum Gasteiger partial charge on any atom is -0.308 e. The van der Waals surface area contributed by atoms with Gasteiger partial charge in [-0.3, -0.25) is 0 Å². The van der Waals surface area contributed by atoms with Gasteiger partial charge in [0.25, 0.3) is 0 Å². The topological polar surface area (TPSA) is 76.7 Å². The van der Waals surface area contributed by atoms with E-state index < -0.39 is 0 Å². The summed E-state index contributed by atoms with van der Waals surface area (Å²) in [6.07, 6.45) is 3.20. The molecule has 0 bridgehead atoms. The molecule has 0 saturated heterocycles. The van der Waals surface area contributed by atoms with E-state index in [0.717, 1.165) is 10.1 Å². The fourth-order valence-corrected chi connectivity index (χ4v) is 1.73. The highest BCUT2D eigenvalue weighted by Gasteiger charge is 2.00. The van der Waals surface area contributed by atoms with E-state index in [0.29, 0.717) is 5.82 Å². The second-order valence-corrected chi connectivity index (χ2v) is 3.70. The summed E-state index contributed by atoms with van der Waals surface area (Å²) in [7, 11) is 0. The van der Waals surface area contributed by atoms with Crippen LogP contribution in [-0.4, -0.2) is 15.0 Å². The summed E-state index contributed by atoms with van der Waals surface area (Å²) in [6.45, 7) is 0. The van der Waals surface area contributed by atoms with Crippen LogP contribution >= 0.6 is 11.8 Å². The summed E-state index contributed by atoms with van der Waals surface area (Å²) in [6, 6.07) is 7.48. The van der Waals surface area contributed by atoms with Gasteiger partial charge in [-0.2, -0.15) is 0 Å². The van der Waals surface area contributed by atoms with Gasteiger partial charge in [-0.25, -0.2) is 20.8 Å². The lowest BCUT2D eigenvalue weighted by atomic mass is 10.5. The number of pyridine rings is 1. The summed E-state index contributed by atoms with van der Waals surface area (Å²) >= 11 is 1.46. The molecule has 2 aromatic rings. The standard InChI is InChI=1S/C9H9N5S/c10-14-7-5-9(13-6-12-7)15-8-3-1-2-4-11-8/h1-6H,10H2,(H,12,13,14). The van der Waals surface area contributed by atoms with Gasteiger partial charge in [-0.15, -0.1) is 0 Å². The van der Waals surface area contributed by atoms with Crippen LogP contribution in [0, 0.1) is 0 Å². The summed E-state index contributed by atoms with van der Waals surface area (Å²) in [4.78, 5) is 12.2. The lowest BCUT2D eigenvalue weighted by molar-refractivity contribution is 1.03. The number of anilines is 1. The molecule has 0 radical (unpaired) electrons. The van der Waals surface area contributed by atoms with Gasteiger partial charge in [0.05, 0.1) is 0 Å². The molecule has 5 nitrogen and oxygen atoms in total. The van der Waals surface area contributed by atoms with Gasteiger partial charge in [-0.05, 0) is 23.9 Å². The van der Waals surface area contributed by atoms with E-state index in [9.17, 15) is 0 Å². The molecule has 76 valence electrons. The molecule has 2 heterocycles. The Morgan fingerprint density at radius 1 is 1.13 bits per heavy atom. The molecule has 0 aliphatic rings. The maximum Gasteiger partial charge on any atom is 0.144 e. The lowest BCUT2D eigenvalue weighted by Crippen LogP contribution is -2.08. The SMILES string of the molecule is NNc1cc(Sc2ccccn2)ncn1. The average molecular weight is 219 g/mol. The van der Waals surface area contributed by atoms with Crippen LogP contribution in [0.15, 0.2) is 46.8 Å². The van der Waals surface area contributed by atoms with Crippen molar-refractivity contribution in [2.24, 2.45) is 5.84 Å². The molecule has 0 amide bonds. The van der Waals surface area contributed by atoms with E-state index >= 15 is 0 Å². The monoisotopic (exact) mass is 219 g/mol. The summed E-state index contributed by atoms with van der Waals surface area (Å²) in [5.74, 6) is 5.83. The first kappa shape index (κ1) is 9.88. The third-order valence-electron chi connectivity index (χ3n) is 1.64. The van der Waals surface area contributed by atoms with E-state index in [1.54, 1.807) is 12.3 Å². The van der Waals surface area contributed by atoms with Gasteiger partial charge in [0.15, 0.2) is 0 Å². The van der Waals surface area contributed by atoms with E-state index in [1.807, 2.05) is 18.2 Å². The van der Waals surface area contributed by atoms with Crippen molar-refractivity contribution in [2.45, 2.75) is 10.1 Å². The predicted molar refractivity (Wildman–Crippen MR) is 58.2 cm³/mol. The number of nitrogens with one attached hydrogen (secondary N) is 1. The van der Waals surface area contributed by atoms with Crippen LogP contribution in [0.1, 0.15) is 0 Å². The predicted octanol–water partition coefficient (Wildman–Crippen LogP) is 1.31. The molecule has 2 rings (SSSR count). The van der Waals surface area contributed by atoms with Gasteiger partial charge in [0.2, 0.25) is 0 Å². The molecular weight excluding hydrogens is 210 g/mol. The van der Waals surface area contributed by atoms with Crippen LogP contribution in [-0.2, 0) is 0 Å². The Bertz CT molecular complexity index is 434. The van der Waals surface area contributed by atoms with Crippen molar-refractivity contribution in [3.63, 3.8) is 0 Å². The maximum atomic E-state index is 5.25. The fourth-order valence-electron chi connectivity index (χ4n) is 0.989. The Hall–Kier alpha value is -1.66. The van der Waals surface area contributed by atoms with Gasteiger partial charge in [0, 0.05) is 12.3 Å². The Balaban J connectivity index is 2.17. The van der Waals surface area contributed by atoms with E-state index in [-0.39, 0.29) is 0 Å². The van der Waals surface area contributed by atoms with Gasteiger partial charge in [0.1, 0.15) is 22.2 Å². The first-order valence-corrected chi connectivity index (χ1v) is 5.07. The first-order valence-electron chi connectivity index (χ1n) is 4.26. The Kier molecular flexibility index (Phi) is 3.11. The minimum atomic E-state index is 0.587. The molecule has 0 saturated carbocycles. The molecule has 0 atom stereocenters. The molecule has 6 heteroatoms. The molecule has 0 unspecified atom stereocenters. The Morgan fingerprint density at radius 2 is 2.07 bits per heavy atom. The first-order chi connectivity index (χ1) is 7.38. The third-order valence-corrected chi connectivity index (χ3v) is 2.52. The zero-order valence-electron chi connectivity index (χ0n) is 7.79. The van der Waals surface area contributed by atoms with Crippen LogP contribution in [0.25, 0.3) is 0 Å². The second kappa shape index (κ2) is 4.72. The smallest absolute Gasteiger partial charge is 0.144 e. The minimum absolute atomic E-state index is 0.587. The number of hydrogen-bond acceptors (Lipinski definition) is 6. The molecule has 0 fully saturated rings. The van der Waals surface area contributed by atoms with Crippen LogP contribution in [0.2, 0.25) is 0 Å². The Morgan fingerprint density at radius 3 is 2.80 bits per heavy atom. The molecule has 15 heavy (non-hydrogen) atoms. The van der Waals surface area contributed by atoms with Crippen molar-refractivity contribution in [3.05, 3.63) is 36.8 Å². The second-order valence-electron chi connectivity index (χ2n) is 2.66. The van der Waals surface area contributed by atoms with Crippen LogP contribution < -0.4 is 11.3 Å². The highest BCUT2D eigenvalue weighted by atomic mass is 32.2. The molecule has 0 aromatic carbocycles. The number of hydrazine groups is 1. The molecule has 2 aromatic heterocycles. The Labute approximate surface area is 91.1 Å². The normalized spacial score (nSPS) is 9.93. The quantitative estimate of drug-likeness (QED) is 0.460. The summed E-state index contributed by atoms with van der Waals surface area (Å²) < 4.78 is 0. The van der Waals surface area contributed by atoms with Crippen molar-refractivity contribution >= 4 is 17.6 Å². The largest absolute Gasteiger partial charge is 0.308 e. The van der Waals surface area contributed by atoms with Gasteiger partial charge < -0.3 is 5.43 Å². The molecule has 3 N–H and O–H groups in total. The van der Waals surface area contributed by atoms with Crippen molar-refractivity contribution in [2.75, 3.05) is 5.43 Å². The maximum absolute atomic E-state index is 5.25. The van der Waals surface area contributed by atoms with Crippen LogP contribution in [0.4, 0.5) is 5.82 Å². The molecule has 0 spiro atoms. The molecular formula is C9H9N5S.